The minimum atomic E-state index is -0.182. The van der Waals surface area contributed by atoms with Gasteiger partial charge in [0.1, 0.15) is 11.5 Å². The summed E-state index contributed by atoms with van der Waals surface area (Å²) < 4.78 is 5.75. The molecule has 0 heterocycles. The lowest BCUT2D eigenvalue weighted by Gasteiger charge is -2.11. The Hall–Kier alpha value is -2.82. The van der Waals surface area contributed by atoms with Crippen LogP contribution in [0.1, 0.15) is 36.0 Å². The molecule has 0 aromatic heterocycles. The highest BCUT2D eigenvalue weighted by Gasteiger charge is 2.21. The molecule has 2 aromatic carbocycles. The Balaban J connectivity index is 1.45. The summed E-state index contributed by atoms with van der Waals surface area (Å²) in [7, 11) is 0. The van der Waals surface area contributed by atoms with Crippen LogP contribution in [0.3, 0.4) is 0 Å². The van der Waals surface area contributed by atoms with Gasteiger partial charge in [-0.15, -0.1) is 0 Å². The van der Waals surface area contributed by atoms with Gasteiger partial charge in [0.05, 0.1) is 0 Å². The number of benzene rings is 2. The molecule has 1 aliphatic carbocycles. The van der Waals surface area contributed by atoms with E-state index in [0.717, 1.165) is 31.4 Å². The number of ether oxygens (including phenoxy) is 1. The van der Waals surface area contributed by atoms with Crippen LogP contribution in [0.2, 0.25) is 0 Å². The van der Waals surface area contributed by atoms with E-state index in [9.17, 15) is 9.59 Å². The van der Waals surface area contributed by atoms with Gasteiger partial charge in [0.15, 0.2) is 0 Å². The van der Waals surface area contributed by atoms with Crippen LogP contribution in [-0.4, -0.2) is 24.9 Å². The zero-order chi connectivity index (χ0) is 18.2. The van der Waals surface area contributed by atoms with Crippen molar-refractivity contribution in [2.45, 2.75) is 25.7 Å². The van der Waals surface area contributed by atoms with Crippen LogP contribution in [-0.2, 0) is 4.79 Å². The molecule has 2 N–H and O–H groups in total. The third-order valence-electron chi connectivity index (χ3n) is 4.51. The topological polar surface area (TPSA) is 67.4 Å². The number of hydrogen-bond donors (Lipinski definition) is 2. The molecule has 0 saturated heterocycles. The summed E-state index contributed by atoms with van der Waals surface area (Å²) in [6, 6.07) is 16.5. The van der Waals surface area contributed by atoms with Gasteiger partial charge in [0.2, 0.25) is 5.91 Å². The summed E-state index contributed by atoms with van der Waals surface area (Å²) in [5.74, 6) is 1.41. The van der Waals surface area contributed by atoms with E-state index in [1.807, 2.05) is 36.4 Å². The van der Waals surface area contributed by atoms with Crippen molar-refractivity contribution in [2.24, 2.45) is 5.92 Å². The first kappa shape index (κ1) is 18.0. The lowest BCUT2D eigenvalue weighted by atomic mass is 10.1. The molecule has 0 spiro atoms. The Bertz CT molecular complexity index is 740. The standard InChI is InChI=1S/C21H24N2O3/c24-20(16-7-4-5-8-16)22-13-14-23-21(25)17-9-6-12-19(15-17)26-18-10-2-1-3-11-18/h1-3,6,9-12,15-16H,4-5,7-8,13-14H2,(H,22,24)(H,23,25). The zero-order valence-electron chi connectivity index (χ0n) is 14.7. The van der Waals surface area contributed by atoms with E-state index in [2.05, 4.69) is 10.6 Å². The van der Waals surface area contributed by atoms with Gasteiger partial charge >= 0.3 is 0 Å². The van der Waals surface area contributed by atoms with Crippen LogP contribution in [0.4, 0.5) is 0 Å². The number of hydrogen-bond acceptors (Lipinski definition) is 3. The highest BCUT2D eigenvalue weighted by molar-refractivity contribution is 5.94. The molecular formula is C21H24N2O3. The van der Waals surface area contributed by atoms with Gasteiger partial charge in [0.25, 0.3) is 5.91 Å². The van der Waals surface area contributed by atoms with Crippen LogP contribution in [0, 0.1) is 5.92 Å². The molecule has 0 unspecified atom stereocenters. The second-order valence-corrected chi connectivity index (χ2v) is 6.47. The smallest absolute Gasteiger partial charge is 0.251 e. The Morgan fingerprint density at radius 3 is 2.35 bits per heavy atom. The van der Waals surface area contributed by atoms with Crippen molar-refractivity contribution in [3.63, 3.8) is 0 Å². The van der Waals surface area contributed by atoms with Crippen molar-refractivity contribution < 1.29 is 14.3 Å². The number of amides is 2. The lowest BCUT2D eigenvalue weighted by molar-refractivity contribution is -0.124. The maximum Gasteiger partial charge on any atom is 0.251 e. The van der Waals surface area contributed by atoms with E-state index in [1.54, 1.807) is 18.2 Å². The predicted octanol–water partition coefficient (Wildman–Crippen LogP) is 3.52. The minimum Gasteiger partial charge on any atom is -0.457 e. The molecule has 3 rings (SSSR count). The van der Waals surface area contributed by atoms with E-state index in [-0.39, 0.29) is 17.7 Å². The molecule has 0 atom stereocenters. The molecule has 2 amide bonds. The van der Waals surface area contributed by atoms with E-state index in [0.29, 0.717) is 24.4 Å². The molecular weight excluding hydrogens is 328 g/mol. The molecule has 1 aliphatic rings. The second-order valence-electron chi connectivity index (χ2n) is 6.47. The number of nitrogens with one attached hydrogen (secondary N) is 2. The lowest BCUT2D eigenvalue weighted by Crippen LogP contribution is -2.37. The van der Waals surface area contributed by atoms with Gasteiger partial charge in [-0.3, -0.25) is 9.59 Å². The monoisotopic (exact) mass is 352 g/mol. The molecule has 0 aliphatic heterocycles. The molecule has 5 heteroatoms. The summed E-state index contributed by atoms with van der Waals surface area (Å²) in [5, 5.41) is 5.72. The normalized spacial score (nSPS) is 14.0. The van der Waals surface area contributed by atoms with E-state index < -0.39 is 0 Å². The van der Waals surface area contributed by atoms with Gasteiger partial charge in [0, 0.05) is 24.6 Å². The molecule has 136 valence electrons. The first-order valence-corrected chi connectivity index (χ1v) is 9.11. The van der Waals surface area contributed by atoms with E-state index in [4.69, 9.17) is 4.74 Å². The van der Waals surface area contributed by atoms with Crippen LogP contribution >= 0.6 is 0 Å². The van der Waals surface area contributed by atoms with E-state index in [1.165, 1.54) is 0 Å². The highest BCUT2D eigenvalue weighted by Crippen LogP contribution is 2.24. The van der Waals surface area contributed by atoms with Crippen LogP contribution < -0.4 is 15.4 Å². The molecule has 1 saturated carbocycles. The summed E-state index contributed by atoms with van der Waals surface area (Å²) in [4.78, 5) is 24.2. The molecule has 2 aromatic rings. The zero-order valence-corrected chi connectivity index (χ0v) is 14.7. The second kappa shape index (κ2) is 9.04. The maximum absolute atomic E-state index is 12.3. The Labute approximate surface area is 153 Å². The molecule has 0 bridgehead atoms. The summed E-state index contributed by atoms with van der Waals surface area (Å²) in [6.07, 6.45) is 4.23. The number of carbonyl (C=O) groups is 2. The molecule has 0 radical (unpaired) electrons. The van der Waals surface area contributed by atoms with Crippen molar-refractivity contribution in [3.05, 3.63) is 60.2 Å². The van der Waals surface area contributed by atoms with Gasteiger partial charge in [-0.1, -0.05) is 37.1 Å². The Morgan fingerprint density at radius 2 is 1.58 bits per heavy atom. The third-order valence-corrected chi connectivity index (χ3v) is 4.51. The molecule has 26 heavy (non-hydrogen) atoms. The van der Waals surface area contributed by atoms with Gasteiger partial charge in [-0.05, 0) is 43.2 Å². The van der Waals surface area contributed by atoms with Crippen LogP contribution in [0.5, 0.6) is 11.5 Å². The van der Waals surface area contributed by atoms with E-state index >= 15 is 0 Å². The number of carbonyl (C=O) groups excluding carboxylic acids is 2. The molecule has 1 fully saturated rings. The first-order chi connectivity index (χ1) is 12.7. The predicted molar refractivity (Wildman–Crippen MR) is 100 cm³/mol. The Kier molecular flexibility index (Phi) is 6.25. The van der Waals surface area contributed by atoms with Gasteiger partial charge in [-0.2, -0.15) is 0 Å². The van der Waals surface area contributed by atoms with Crippen LogP contribution in [0.25, 0.3) is 0 Å². The minimum absolute atomic E-state index is 0.106. The summed E-state index contributed by atoms with van der Waals surface area (Å²) in [6.45, 7) is 0.850. The molecule has 5 nitrogen and oxygen atoms in total. The van der Waals surface area contributed by atoms with Crippen molar-refractivity contribution in [3.8, 4) is 11.5 Å². The largest absolute Gasteiger partial charge is 0.457 e. The van der Waals surface area contributed by atoms with Gasteiger partial charge < -0.3 is 15.4 Å². The maximum atomic E-state index is 12.3. The average molecular weight is 352 g/mol. The Morgan fingerprint density at radius 1 is 0.885 bits per heavy atom. The number of rotatable bonds is 7. The average Bonchev–Trinajstić information content (AvgIpc) is 3.21. The van der Waals surface area contributed by atoms with Crippen molar-refractivity contribution in [1.29, 1.82) is 0 Å². The fourth-order valence-corrected chi connectivity index (χ4v) is 3.12. The fourth-order valence-electron chi connectivity index (χ4n) is 3.12. The van der Waals surface area contributed by atoms with Gasteiger partial charge in [-0.25, -0.2) is 0 Å². The summed E-state index contributed by atoms with van der Waals surface area (Å²) in [5.41, 5.74) is 0.528. The third kappa shape index (κ3) is 5.09. The first-order valence-electron chi connectivity index (χ1n) is 9.11. The fraction of sp³-hybridized carbons (Fsp3) is 0.333. The van der Waals surface area contributed by atoms with Crippen molar-refractivity contribution >= 4 is 11.8 Å². The van der Waals surface area contributed by atoms with Crippen molar-refractivity contribution in [2.75, 3.05) is 13.1 Å². The number of para-hydroxylation sites is 1. The highest BCUT2D eigenvalue weighted by atomic mass is 16.5. The van der Waals surface area contributed by atoms with Crippen molar-refractivity contribution in [1.82, 2.24) is 10.6 Å². The quantitative estimate of drug-likeness (QED) is 0.749. The summed E-state index contributed by atoms with van der Waals surface area (Å²) >= 11 is 0. The SMILES string of the molecule is O=C(NCCNC(=O)C1CCCC1)c1cccc(Oc2ccccc2)c1. The van der Waals surface area contributed by atoms with Crippen LogP contribution in [0.15, 0.2) is 54.6 Å².